The van der Waals surface area contributed by atoms with E-state index in [4.69, 9.17) is 4.74 Å². The van der Waals surface area contributed by atoms with Crippen LogP contribution in [0.3, 0.4) is 0 Å². The summed E-state index contributed by atoms with van der Waals surface area (Å²) >= 11 is 0. The van der Waals surface area contributed by atoms with Crippen molar-refractivity contribution in [3.63, 3.8) is 0 Å². The van der Waals surface area contributed by atoms with Crippen LogP contribution in [0.5, 0.6) is 0 Å². The number of rotatable bonds is 1. The van der Waals surface area contributed by atoms with Gasteiger partial charge in [0.1, 0.15) is 11.4 Å². The molecule has 2 atom stereocenters. The summed E-state index contributed by atoms with van der Waals surface area (Å²) in [5.74, 6) is -0.0384. The van der Waals surface area contributed by atoms with E-state index in [-0.39, 0.29) is 23.9 Å². The Bertz CT molecular complexity index is 409. The van der Waals surface area contributed by atoms with E-state index in [0.717, 1.165) is 12.8 Å². The van der Waals surface area contributed by atoms with Crippen LogP contribution in [-0.2, 0) is 4.74 Å². The van der Waals surface area contributed by atoms with E-state index in [1.165, 1.54) is 6.08 Å². The van der Waals surface area contributed by atoms with Gasteiger partial charge in [-0.2, -0.15) is 0 Å². The van der Waals surface area contributed by atoms with Gasteiger partial charge < -0.3 is 9.64 Å². The smallest absolute Gasteiger partial charge is 0.410 e. The van der Waals surface area contributed by atoms with E-state index in [0.29, 0.717) is 13.0 Å². The molecule has 1 aliphatic heterocycles. The third-order valence-electron chi connectivity index (χ3n) is 3.49. The second-order valence-electron chi connectivity index (χ2n) is 6.25. The Morgan fingerprint density at radius 3 is 2.84 bits per heavy atom. The minimum absolute atomic E-state index is 0.0607. The number of carbonyl (C=O) groups excluding carboxylic acids is 1. The summed E-state index contributed by atoms with van der Waals surface area (Å²) in [5, 5.41) is 0. The van der Waals surface area contributed by atoms with Crippen molar-refractivity contribution in [2.75, 3.05) is 6.54 Å². The monoisotopic (exact) mass is 267 g/mol. The maximum absolute atomic E-state index is 13.4. The standard InChI is InChI=1S/C15H22FNO2/c1-15(2,3)19-14(18)17-9-5-8-13(17)11-6-4-7-12(16)10-11/h4,6-7,11,13H,5,8-10H2,1-3H3/t11-,13?/m0/s1. The van der Waals surface area contributed by atoms with E-state index >= 15 is 0 Å². The molecule has 0 saturated carbocycles. The van der Waals surface area contributed by atoms with Crippen LogP contribution in [0.15, 0.2) is 24.1 Å². The van der Waals surface area contributed by atoms with Gasteiger partial charge in [0, 0.05) is 24.9 Å². The Morgan fingerprint density at radius 1 is 1.47 bits per heavy atom. The summed E-state index contributed by atoms with van der Waals surface area (Å²) < 4.78 is 18.8. The molecule has 0 radical (unpaired) electrons. The molecule has 0 N–H and O–H groups in total. The number of hydrogen-bond acceptors (Lipinski definition) is 2. The predicted octanol–water partition coefficient (Wildman–Crippen LogP) is 3.82. The Morgan fingerprint density at radius 2 is 2.21 bits per heavy atom. The lowest BCUT2D eigenvalue weighted by molar-refractivity contribution is 0.0192. The summed E-state index contributed by atoms with van der Waals surface area (Å²) in [7, 11) is 0. The molecule has 4 heteroatoms. The number of amides is 1. The minimum Gasteiger partial charge on any atom is -0.444 e. The molecular weight excluding hydrogens is 245 g/mol. The van der Waals surface area contributed by atoms with Crippen molar-refractivity contribution in [2.45, 2.75) is 51.7 Å². The second-order valence-corrected chi connectivity index (χ2v) is 6.25. The van der Waals surface area contributed by atoms with Gasteiger partial charge >= 0.3 is 6.09 Å². The Labute approximate surface area is 114 Å². The van der Waals surface area contributed by atoms with Crippen LogP contribution in [0.2, 0.25) is 0 Å². The third kappa shape index (κ3) is 3.58. The Balaban J connectivity index is 2.03. The molecule has 19 heavy (non-hydrogen) atoms. The molecule has 1 aliphatic carbocycles. The van der Waals surface area contributed by atoms with Gasteiger partial charge in [-0.25, -0.2) is 9.18 Å². The first kappa shape index (κ1) is 14.1. The highest BCUT2D eigenvalue weighted by molar-refractivity contribution is 5.69. The fraction of sp³-hybridized carbons (Fsp3) is 0.667. The molecule has 2 rings (SSSR count). The Hall–Kier alpha value is -1.32. The van der Waals surface area contributed by atoms with Gasteiger partial charge in [0.2, 0.25) is 0 Å². The molecule has 0 aromatic rings. The fourth-order valence-corrected chi connectivity index (χ4v) is 2.71. The van der Waals surface area contributed by atoms with Crippen LogP contribution < -0.4 is 0 Å². The quantitative estimate of drug-likeness (QED) is 0.723. The van der Waals surface area contributed by atoms with Crippen molar-refractivity contribution >= 4 is 6.09 Å². The number of hydrogen-bond donors (Lipinski definition) is 0. The first-order valence-electron chi connectivity index (χ1n) is 6.89. The molecule has 106 valence electrons. The zero-order valence-corrected chi connectivity index (χ0v) is 11.9. The molecule has 0 spiro atoms. The van der Waals surface area contributed by atoms with E-state index < -0.39 is 5.60 Å². The van der Waals surface area contributed by atoms with Crippen molar-refractivity contribution in [1.29, 1.82) is 0 Å². The summed E-state index contributed by atoms with van der Waals surface area (Å²) in [6, 6.07) is 0.0607. The van der Waals surface area contributed by atoms with Crippen molar-refractivity contribution in [1.82, 2.24) is 4.90 Å². The van der Waals surface area contributed by atoms with E-state index in [1.54, 1.807) is 11.0 Å². The lowest BCUT2D eigenvalue weighted by Crippen LogP contribution is -2.42. The average Bonchev–Trinajstić information content (AvgIpc) is 2.75. The SMILES string of the molecule is CC(C)(C)OC(=O)N1CCCC1[C@H]1C=CC=C(F)C1. The minimum atomic E-state index is -0.488. The van der Waals surface area contributed by atoms with Crippen molar-refractivity contribution in [3.8, 4) is 0 Å². The maximum atomic E-state index is 13.4. The number of allylic oxidation sites excluding steroid dienone is 3. The first-order chi connectivity index (χ1) is 8.87. The van der Waals surface area contributed by atoms with E-state index in [9.17, 15) is 9.18 Å². The molecular formula is C15H22FNO2. The van der Waals surface area contributed by atoms with Crippen LogP contribution in [0.1, 0.15) is 40.0 Å². The van der Waals surface area contributed by atoms with Gasteiger partial charge in [0.05, 0.1) is 0 Å². The van der Waals surface area contributed by atoms with Gasteiger partial charge in [-0.1, -0.05) is 12.2 Å². The van der Waals surface area contributed by atoms with Gasteiger partial charge in [-0.05, 0) is 39.7 Å². The second kappa shape index (κ2) is 5.35. The normalized spacial score (nSPS) is 27.4. The topological polar surface area (TPSA) is 29.5 Å². The number of nitrogens with zero attached hydrogens (tertiary/aromatic N) is 1. The number of halogens is 1. The molecule has 1 fully saturated rings. The highest BCUT2D eigenvalue weighted by Crippen LogP contribution is 2.32. The lowest BCUT2D eigenvalue weighted by Gasteiger charge is -2.32. The van der Waals surface area contributed by atoms with Crippen molar-refractivity contribution in [3.05, 3.63) is 24.1 Å². The first-order valence-corrected chi connectivity index (χ1v) is 6.89. The van der Waals surface area contributed by atoms with Crippen LogP contribution >= 0.6 is 0 Å². The average molecular weight is 267 g/mol. The molecule has 0 aromatic heterocycles. The maximum Gasteiger partial charge on any atom is 0.410 e. The summed E-state index contributed by atoms with van der Waals surface area (Å²) in [6.07, 6.45) is 7.22. The number of ether oxygens (including phenoxy) is 1. The van der Waals surface area contributed by atoms with Crippen LogP contribution in [0.4, 0.5) is 9.18 Å². The molecule has 1 saturated heterocycles. The zero-order valence-electron chi connectivity index (χ0n) is 11.9. The van der Waals surface area contributed by atoms with Gasteiger partial charge in [-0.15, -0.1) is 0 Å². The fourth-order valence-electron chi connectivity index (χ4n) is 2.71. The predicted molar refractivity (Wildman–Crippen MR) is 72.4 cm³/mol. The highest BCUT2D eigenvalue weighted by Gasteiger charge is 2.36. The lowest BCUT2D eigenvalue weighted by atomic mass is 9.90. The van der Waals surface area contributed by atoms with Gasteiger partial charge in [0.15, 0.2) is 0 Å². The molecule has 0 bridgehead atoms. The molecule has 1 amide bonds. The van der Waals surface area contributed by atoms with Crippen molar-refractivity contribution in [2.24, 2.45) is 5.92 Å². The van der Waals surface area contributed by atoms with Gasteiger partial charge in [0.25, 0.3) is 0 Å². The number of likely N-dealkylation sites (tertiary alicyclic amines) is 1. The van der Waals surface area contributed by atoms with Crippen LogP contribution in [-0.4, -0.2) is 29.2 Å². The molecule has 3 nitrogen and oxygen atoms in total. The third-order valence-corrected chi connectivity index (χ3v) is 3.49. The summed E-state index contributed by atoms with van der Waals surface area (Å²) in [6.45, 7) is 6.28. The highest BCUT2D eigenvalue weighted by atomic mass is 19.1. The summed E-state index contributed by atoms with van der Waals surface area (Å²) in [5.41, 5.74) is -0.488. The molecule has 1 heterocycles. The molecule has 0 aromatic carbocycles. The van der Waals surface area contributed by atoms with Gasteiger partial charge in [-0.3, -0.25) is 0 Å². The number of carbonyl (C=O) groups is 1. The molecule has 2 aliphatic rings. The zero-order chi connectivity index (χ0) is 14.0. The van der Waals surface area contributed by atoms with Crippen LogP contribution in [0, 0.1) is 5.92 Å². The van der Waals surface area contributed by atoms with E-state index in [2.05, 4.69) is 0 Å². The summed E-state index contributed by atoms with van der Waals surface area (Å²) in [4.78, 5) is 13.9. The largest absolute Gasteiger partial charge is 0.444 e. The van der Waals surface area contributed by atoms with Crippen LogP contribution in [0.25, 0.3) is 0 Å². The van der Waals surface area contributed by atoms with E-state index in [1.807, 2.05) is 26.8 Å². The van der Waals surface area contributed by atoms with Crippen molar-refractivity contribution < 1.29 is 13.9 Å². The Kier molecular flexibility index (Phi) is 3.97. The molecule has 1 unspecified atom stereocenters.